The molecule has 3 heterocycles. The van der Waals surface area contributed by atoms with E-state index in [9.17, 15) is 14.4 Å². The predicted molar refractivity (Wildman–Crippen MR) is 121 cm³/mol. The van der Waals surface area contributed by atoms with Crippen molar-refractivity contribution in [1.29, 1.82) is 0 Å². The van der Waals surface area contributed by atoms with E-state index in [4.69, 9.17) is 4.74 Å². The van der Waals surface area contributed by atoms with Gasteiger partial charge >= 0.3 is 5.97 Å². The maximum absolute atomic E-state index is 12.9. The highest BCUT2D eigenvalue weighted by Crippen LogP contribution is 2.31. The van der Waals surface area contributed by atoms with Gasteiger partial charge < -0.3 is 9.64 Å². The molecule has 2 aromatic carbocycles. The van der Waals surface area contributed by atoms with Gasteiger partial charge in [-0.25, -0.2) is 9.78 Å². The van der Waals surface area contributed by atoms with E-state index in [0.717, 1.165) is 49.2 Å². The first-order chi connectivity index (χ1) is 15.5. The second-order valence-corrected chi connectivity index (χ2v) is 8.55. The van der Waals surface area contributed by atoms with E-state index in [1.165, 1.54) is 0 Å². The molecule has 0 bridgehead atoms. The number of rotatable bonds is 3. The molecule has 7 nitrogen and oxygen atoms in total. The number of carbonyl (C=O) groups is 2. The van der Waals surface area contributed by atoms with Gasteiger partial charge in [-0.1, -0.05) is 24.6 Å². The Kier molecular flexibility index (Phi) is 5.25. The van der Waals surface area contributed by atoms with Crippen molar-refractivity contribution in [2.24, 2.45) is 0 Å². The first-order valence-electron chi connectivity index (χ1n) is 11.1. The molecule has 2 aliphatic rings. The number of ether oxygens (including phenoxy) is 1. The Balaban J connectivity index is 1.34. The zero-order chi connectivity index (χ0) is 22.2. The zero-order valence-corrected chi connectivity index (χ0v) is 18.0. The lowest BCUT2D eigenvalue weighted by Crippen LogP contribution is -2.38. The third-order valence-corrected chi connectivity index (χ3v) is 6.35. The summed E-state index contributed by atoms with van der Waals surface area (Å²) in [6.45, 7) is 2.33. The summed E-state index contributed by atoms with van der Waals surface area (Å²) in [6, 6.07) is 12.6. The van der Waals surface area contributed by atoms with E-state index >= 15 is 0 Å². The Morgan fingerprint density at radius 1 is 1.12 bits per heavy atom. The predicted octanol–water partition coefficient (Wildman–Crippen LogP) is 3.26. The normalized spacial score (nSPS) is 17.5. The molecular formula is C25H25N3O4. The Morgan fingerprint density at radius 2 is 1.97 bits per heavy atom. The standard InChI is InChI=1S/C25H25N3O4/c1-16-13-17-7-4-5-8-21(17)28(16)23(29)15-32-25(31)18-10-11-19-20(14-18)26-22-9-3-2-6-12-27(22)24(19)30/h4-5,7-8,10-11,14,16H,2-3,6,9,12-13,15H2,1H3/t16-/m0/s1. The number of aryl methyl sites for hydroxylation is 1. The first-order valence-corrected chi connectivity index (χ1v) is 11.1. The van der Waals surface area contributed by atoms with Crippen molar-refractivity contribution in [3.05, 3.63) is 69.8 Å². The van der Waals surface area contributed by atoms with Gasteiger partial charge in [0.15, 0.2) is 6.61 Å². The van der Waals surface area contributed by atoms with Gasteiger partial charge in [0.2, 0.25) is 0 Å². The number of fused-ring (bicyclic) bond motifs is 3. The van der Waals surface area contributed by atoms with Crippen molar-refractivity contribution in [1.82, 2.24) is 9.55 Å². The van der Waals surface area contributed by atoms with Crippen LogP contribution in [0.4, 0.5) is 5.69 Å². The maximum atomic E-state index is 12.9. The van der Waals surface area contributed by atoms with Crippen molar-refractivity contribution in [2.45, 2.75) is 51.6 Å². The lowest BCUT2D eigenvalue weighted by Gasteiger charge is -2.22. The number of para-hydroxylation sites is 1. The summed E-state index contributed by atoms with van der Waals surface area (Å²) in [5.74, 6) is -0.0853. The van der Waals surface area contributed by atoms with Crippen molar-refractivity contribution in [2.75, 3.05) is 11.5 Å². The fourth-order valence-electron chi connectivity index (χ4n) is 4.77. The number of hydrogen-bond donors (Lipinski definition) is 0. The number of carbonyl (C=O) groups excluding carboxylic acids is 2. The molecule has 1 amide bonds. The molecule has 1 aromatic heterocycles. The topological polar surface area (TPSA) is 81.5 Å². The van der Waals surface area contributed by atoms with E-state index in [1.807, 2.05) is 31.2 Å². The molecule has 164 valence electrons. The van der Waals surface area contributed by atoms with Crippen LogP contribution in [0.3, 0.4) is 0 Å². The molecular weight excluding hydrogens is 406 g/mol. The van der Waals surface area contributed by atoms with E-state index in [0.29, 0.717) is 17.4 Å². The quantitative estimate of drug-likeness (QED) is 0.595. The van der Waals surface area contributed by atoms with Gasteiger partial charge in [-0.05, 0) is 56.0 Å². The average molecular weight is 431 g/mol. The van der Waals surface area contributed by atoms with Gasteiger partial charge in [0, 0.05) is 24.7 Å². The number of nitrogens with zero attached hydrogens (tertiary/aromatic N) is 3. The summed E-state index contributed by atoms with van der Waals surface area (Å²) in [4.78, 5) is 44.7. The highest BCUT2D eigenvalue weighted by molar-refractivity contribution is 6.00. The molecule has 0 saturated heterocycles. The van der Waals surface area contributed by atoms with Gasteiger partial charge in [0.25, 0.3) is 11.5 Å². The SMILES string of the molecule is C[C@H]1Cc2ccccc2N1C(=O)COC(=O)c1ccc2c(=O)n3c(nc2c1)CCCCC3. The molecule has 0 radical (unpaired) electrons. The van der Waals surface area contributed by atoms with Crippen LogP contribution in [0.5, 0.6) is 0 Å². The van der Waals surface area contributed by atoms with Crippen LogP contribution in [0.15, 0.2) is 47.3 Å². The first kappa shape index (κ1) is 20.4. The van der Waals surface area contributed by atoms with Crippen LogP contribution in [-0.4, -0.2) is 34.1 Å². The second kappa shape index (κ2) is 8.22. The van der Waals surface area contributed by atoms with E-state index in [-0.39, 0.29) is 29.7 Å². The van der Waals surface area contributed by atoms with Crippen molar-refractivity contribution >= 4 is 28.5 Å². The number of hydrogen-bond acceptors (Lipinski definition) is 5. The summed E-state index contributed by atoms with van der Waals surface area (Å²) >= 11 is 0. The largest absolute Gasteiger partial charge is 0.452 e. The molecule has 1 atom stereocenters. The minimum absolute atomic E-state index is 0.0201. The van der Waals surface area contributed by atoms with Gasteiger partial charge in [0.1, 0.15) is 5.82 Å². The van der Waals surface area contributed by atoms with E-state index < -0.39 is 5.97 Å². The summed E-state index contributed by atoms with van der Waals surface area (Å²) in [7, 11) is 0. The van der Waals surface area contributed by atoms with Crippen LogP contribution in [0.1, 0.15) is 47.9 Å². The maximum Gasteiger partial charge on any atom is 0.338 e. The van der Waals surface area contributed by atoms with Crippen molar-refractivity contribution in [3.63, 3.8) is 0 Å². The summed E-state index contributed by atoms with van der Waals surface area (Å²) in [5.41, 5.74) is 2.70. The Labute approximate surface area is 185 Å². The minimum atomic E-state index is -0.600. The van der Waals surface area contributed by atoms with E-state index in [1.54, 1.807) is 27.7 Å². The van der Waals surface area contributed by atoms with Crippen LogP contribution in [-0.2, 0) is 28.9 Å². The Morgan fingerprint density at radius 3 is 2.84 bits per heavy atom. The van der Waals surface area contributed by atoms with Crippen LogP contribution < -0.4 is 10.5 Å². The molecule has 2 aliphatic heterocycles. The number of aromatic nitrogens is 2. The molecule has 0 unspecified atom stereocenters. The molecule has 0 aliphatic carbocycles. The monoisotopic (exact) mass is 431 g/mol. The summed E-state index contributed by atoms with van der Waals surface area (Å²) in [5, 5.41) is 0.491. The fraction of sp³-hybridized carbons (Fsp3) is 0.360. The van der Waals surface area contributed by atoms with Crippen LogP contribution in [0.25, 0.3) is 10.9 Å². The van der Waals surface area contributed by atoms with Gasteiger partial charge in [-0.3, -0.25) is 14.2 Å². The summed E-state index contributed by atoms with van der Waals surface area (Å²) < 4.78 is 7.09. The Hall–Kier alpha value is -3.48. The molecule has 0 fully saturated rings. The third kappa shape index (κ3) is 3.57. The summed E-state index contributed by atoms with van der Waals surface area (Å²) in [6.07, 6.45) is 4.58. The van der Waals surface area contributed by atoms with Crippen molar-refractivity contribution < 1.29 is 14.3 Å². The second-order valence-electron chi connectivity index (χ2n) is 8.55. The number of benzene rings is 2. The van der Waals surface area contributed by atoms with Crippen LogP contribution >= 0.6 is 0 Å². The molecule has 0 spiro atoms. The fourth-order valence-corrected chi connectivity index (χ4v) is 4.77. The highest BCUT2D eigenvalue weighted by atomic mass is 16.5. The zero-order valence-electron chi connectivity index (χ0n) is 18.0. The lowest BCUT2D eigenvalue weighted by molar-refractivity contribution is -0.122. The molecule has 0 N–H and O–H groups in total. The molecule has 3 aromatic rings. The third-order valence-electron chi connectivity index (χ3n) is 6.35. The average Bonchev–Trinajstić information content (AvgIpc) is 2.96. The van der Waals surface area contributed by atoms with Gasteiger partial charge in [0.05, 0.1) is 16.5 Å². The van der Waals surface area contributed by atoms with Crippen LogP contribution in [0.2, 0.25) is 0 Å². The number of esters is 1. The molecule has 5 rings (SSSR count). The van der Waals surface area contributed by atoms with E-state index in [2.05, 4.69) is 4.98 Å². The van der Waals surface area contributed by atoms with Gasteiger partial charge in [-0.15, -0.1) is 0 Å². The molecule has 0 saturated carbocycles. The minimum Gasteiger partial charge on any atom is -0.452 e. The highest BCUT2D eigenvalue weighted by Gasteiger charge is 2.31. The lowest BCUT2D eigenvalue weighted by atomic mass is 10.1. The van der Waals surface area contributed by atoms with Crippen molar-refractivity contribution in [3.8, 4) is 0 Å². The smallest absolute Gasteiger partial charge is 0.338 e. The molecule has 32 heavy (non-hydrogen) atoms. The number of amides is 1. The number of anilines is 1. The Bertz CT molecular complexity index is 1280. The molecule has 7 heteroatoms. The van der Waals surface area contributed by atoms with Crippen LogP contribution in [0, 0.1) is 0 Å². The van der Waals surface area contributed by atoms with Gasteiger partial charge in [-0.2, -0.15) is 0 Å².